The maximum atomic E-state index is 2.81. The van der Waals surface area contributed by atoms with Gasteiger partial charge in [0, 0.05) is 0 Å². The van der Waals surface area contributed by atoms with Crippen molar-refractivity contribution in [3.63, 3.8) is 0 Å². The number of rotatable bonds is 6. The molecule has 184 valence electrons. The molecule has 4 fully saturated rings. The highest BCUT2D eigenvalue weighted by atomic mass is 31.1. The first-order chi connectivity index (χ1) is 15.2. The molecule has 4 saturated heterocycles. The molecular formula is C28H52P4. The minimum absolute atomic E-state index is 0.0940. The molecule has 0 aromatic carbocycles. The van der Waals surface area contributed by atoms with Crippen LogP contribution in [0.3, 0.4) is 0 Å². The maximum absolute atomic E-state index is 2.81. The van der Waals surface area contributed by atoms with Gasteiger partial charge in [0.25, 0.3) is 0 Å². The van der Waals surface area contributed by atoms with Crippen LogP contribution in [0.15, 0.2) is 11.6 Å². The van der Waals surface area contributed by atoms with E-state index in [1.54, 1.807) is 18.7 Å². The first kappa shape index (κ1) is 26.5. The molecule has 0 radical (unpaired) electrons. The quantitative estimate of drug-likeness (QED) is 0.311. The van der Waals surface area contributed by atoms with Crippen LogP contribution in [0.25, 0.3) is 0 Å². The van der Waals surface area contributed by atoms with E-state index in [0.29, 0.717) is 7.92 Å². The van der Waals surface area contributed by atoms with Crippen LogP contribution in [0.5, 0.6) is 0 Å². The van der Waals surface area contributed by atoms with Crippen molar-refractivity contribution in [3.8, 4) is 0 Å². The minimum atomic E-state index is 0.0940. The van der Waals surface area contributed by atoms with Gasteiger partial charge in [0.2, 0.25) is 0 Å². The van der Waals surface area contributed by atoms with Gasteiger partial charge in [-0.15, -0.1) is 15.8 Å². The van der Waals surface area contributed by atoms with Gasteiger partial charge in [0.15, 0.2) is 0 Å². The monoisotopic (exact) mass is 512 g/mol. The lowest BCUT2D eigenvalue weighted by molar-refractivity contribution is 0.318. The van der Waals surface area contributed by atoms with Crippen LogP contribution >= 0.6 is 31.7 Å². The number of hydrogen-bond donors (Lipinski definition) is 0. The van der Waals surface area contributed by atoms with Gasteiger partial charge in [-0.3, -0.25) is 0 Å². The van der Waals surface area contributed by atoms with Gasteiger partial charge in [-0.1, -0.05) is 82.9 Å². The van der Waals surface area contributed by atoms with Crippen molar-refractivity contribution in [1.82, 2.24) is 0 Å². The van der Waals surface area contributed by atoms with E-state index in [4.69, 9.17) is 0 Å². The first-order valence-corrected chi connectivity index (χ1v) is 20.4. The summed E-state index contributed by atoms with van der Waals surface area (Å²) in [6.45, 7) is 20.8. The Bertz CT molecular complexity index is 629. The van der Waals surface area contributed by atoms with Crippen molar-refractivity contribution < 1.29 is 0 Å². The predicted molar refractivity (Wildman–Crippen MR) is 157 cm³/mol. The Morgan fingerprint density at radius 1 is 0.500 bits per heavy atom. The second kappa shape index (κ2) is 11.2. The van der Waals surface area contributed by atoms with Crippen molar-refractivity contribution in [2.75, 3.05) is 12.3 Å². The van der Waals surface area contributed by atoms with Gasteiger partial charge >= 0.3 is 0 Å². The molecule has 0 spiro atoms. The molecule has 0 aliphatic carbocycles. The fraction of sp³-hybridized carbons (Fsp3) is 0.929. The second-order valence-electron chi connectivity index (χ2n) is 12.2. The summed E-state index contributed by atoms with van der Waals surface area (Å²) in [5, 5.41) is 0. The third-order valence-corrected chi connectivity index (χ3v) is 24.0. The molecule has 4 unspecified atom stereocenters. The summed E-state index contributed by atoms with van der Waals surface area (Å²) in [6, 6.07) is 0. The molecule has 0 saturated carbocycles. The average Bonchev–Trinajstić information content (AvgIpc) is 3.42. The summed E-state index contributed by atoms with van der Waals surface area (Å²) in [5.41, 5.74) is 8.04. The minimum Gasteiger partial charge on any atom is -0.101 e. The molecule has 0 bridgehead atoms. The lowest BCUT2D eigenvalue weighted by Gasteiger charge is -2.31. The molecule has 4 rings (SSSR count). The van der Waals surface area contributed by atoms with E-state index in [1.807, 2.05) is 0 Å². The second-order valence-corrected chi connectivity index (χ2v) is 24.5. The van der Waals surface area contributed by atoms with Crippen molar-refractivity contribution in [3.05, 3.63) is 11.6 Å². The van der Waals surface area contributed by atoms with E-state index in [9.17, 15) is 0 Å². The molecule has 4 heterocycles. The van der Waals surface area contributed by atoms with Crippen LogP contribution in [0.2, 0.25) is 0 Å². The lowest BCUT2D eigenvalue weighted by atomic mass is 9.82. The normalized spacial score (nSPS) is 50.9. The first-order valence-electron chi connectivity index (χ1n) is 13.9. The van der Waals surface area contributed by atoms with Gasteiger partial charge in [0.1, 0.15) is 0 Å². The molecule has 4 aliphatic heterocycles. The molecule has 4 aliphatic rings. The summed E-state index contributed by atoms with van der Waals surface area (Å²) < 4.78 is 0. The molecular weight excluding hydrogens is 460 g/mol. The van der Waals surface area contributed by atoms with E-state index >= 15 is 0 Å². The number of hydrogen-bond acceptors (Lipinski definition) is 0. The molecule has 0 aromatic heterocycles. The highest BCUT2D eigenvalue weighted by Gasteiger charge is 2.48. The summed E-state index contributed by atoms with van der Waals surface area (Å²) in [4.78, 5) is 0. The Balaban J connectivity index is 1.37. The van der Waals surface area contributed by atoms with Gasteiger partial charge in [-0.05, 0) is 108 Å². The maximum Gasteiger partial charge on any atom is -0.0169 e. The summed E-state index contributed by atoms with van der Waals surface area (Å²) in [7, 11) is 0.830. The zero-order valence-corrected chi connectivity index (χ0v) is 26.0. The Labute approximate surface area is 206 Å². The van der Waals surface area contributed by atoms with Crippen LogP contribution in [0.1, 0.15) is 93.9 Å². The van der Waals surface area contributed by atoms with Gasteiger partial charge in [-0.2, -0.15) is 0 Å². The fourth-order valence-corrected chi connectivity index (χ4v) is 21.8. The van der Waals surface area contributed by atoms with Gasteiger partial charge in [-0.25, -0.2) is 0 Å². The van der Waals surface area contributed by atoms with E-state index < -0.39 is 0 Å². The van der Waals surface area contributed by atoms with Crippen LogP contribution in [-0.2, 0) is 0 Å². The zero-order chi connectivity index (χ0) is 23.2. The molecule has 12 atom stereocenters. The van der Waals surface area contributed by atoms with E-state index in [-0.39, 0.29) is 23.8 Å². The van der Waals surface area contributed by atoms with Crippen LogP contribution in [-0.4, -0.2) is 57.6 Å². The van der Waals surface area contributed by atoms with Crippen molar-refractivity contribution in [2.45, 2.75) is 139 Å². The molecule has 4 heteroatoms. The van der Waals surface area contributed by atoms with Gasteiger partial charge < -0.3 is 0 Å². The SMILES string of the molecule is C[C@@H]1CC[C@@H](C)P1/C=C\P1[C@H](C)CC(C2C[C@@H](C)P(CCP3[C@H](C)CC[C@H]3C)[C@@H]2C)[C@H]1C. The largest absolute Gasteiger partial charge is 0.101 e. The van der Waals surface area contributed by atoms with E-state index in [1.165, 1.54) is 32.1 Å². The molecule has 32 heavy (non-hydrogen) atoms. The predicted octanol–water partition coefficient (Wildman–Crippen LogP) is 10.1. The highest BCUT2D eigenvalue weighted by Crippen LogP contribution is 2.69. The van der Waals surface area contributed by atoms with Crippen molar-refractivity contribution >= 4 is 31.7 Å². The van der Waals surface area contributed by atoms with Crippen LogP contribution in [0.4, 0.5) is 0 Å². The molecule has 0 N–H and O–H groups in total. The summed E-state index contributed by atoms with van der Waals surface area (Å²) in [5.74, 6) is 7.65. The third kappa shape index (κ3) is 5.41. The summed E-state index contributed by atoms with van der Waals surface area (Å²) in [6.07, 6.45) is 12.3. The van der Waals surface area contributed by atoms with Crippen molar-refractivity contribution in [1.29, 1.82) is 0 Å². The molecule has 0 aromatic rings. The Kier molecular flexibility index (Phi) is 9.32. The zero-order valence-electron chi connectivity index (χ0n) is 22.4. The highest BCUT2D eigenvalue weighted by molar-refractivity contribution is 7.66. The fourth-order valence-electron chi connectivity index (χ4n) is 8.06. The lowest BCUT2D eigenvalue weighted by Crippen LogP contribution is -2.25. The van der Waals surface area contributed by atoms with Crippen molar-refractivity contribution in [2.24, 2.45) is 11.8 Å². The Morgan fingerprint density at radius 2 is 0.969 bits per heavy atom. The summed E-state index contributed by atoms with van der Waals surface area (Å²) >= 11 is 0. The van der Waals surface area contributed by atoms with E-state index in [2.05, 4.69) is 67.0 Å². The standard InChI is InChI=1S/C28H52P4/c1-19-9-10-20(2)29(19)13-15-31-23(5)17-27(25(31)7)28-18-24(6)32(26(28)8)16-14-30-21(3)11-12-22(30)4/h13,15,19-28H,9-12,14,16-18H2,1-8H3/b15-13-/t19-,20-,21-,22-,23-,24-,25-,26-,27?,28?,31?,32?/m1/s1. The molecule has 0 nitrogen and oxygen atoms in total. The topological polar surface area (TPSA) is 0 Å². The van der Waals surface area contributed by atoms with Gasteiger partial charge in [0.05, 0.1) is 0 Å². The Morgan fingerprint density at radius 3 is 1.59 bits per heavy atom. The van der Waals surface area contributed by atoms with Crippen LogP contribution in [0, 0.1) is 11.8 Å². The smallest absolute Gasteiger partial charge is 0.0169 e. The van der Waals surface area contributed by atoms with Crippen LogP contribution < -0.4 is 0 Å². The average molecular weight is 513 g/mol. The third-order valence-electron chi connectivity index (χ3n) is 10.3. The molecule has 0 amide bonds. The Hall–Kier alpha value is 1.46. The van der Waals surface area contributed by atoms with E-state index in [0.717, 1.165) is 57.1 Å².